The fourth-order valence-electron chi connectivity index (χ4n) is 1.83. The molecule has 0 fully saturated rings. The lowest BCUT2D eigenvalue weighted by molar-refractivity contribution is 0.266. The van der Waals surface area contributed by atoms with Crippen LogP contribution in [0, 0.1) is 5.41 Å². The molecule has 0 aliphatic carbocycles. The van der Waals surface area contributed by atoms with Gasteiger partial charge in [-0.2, -0.15) is 5.10 Å². The van der Waals surface area contributed by atoms with Crippen LogP contribution in [0.1, 0.15) is 33.0 Å². The van der Waals surface area contributed by atoms with Crippen LogP contribution in [0.5, 0.6) is 0 Å². The summed E-state index contributed by atoms with van der Waals surface area (Å²) in [4.78, 5) is 4.23. The maximum atomic E-state index is 4.23. The van der Waals surface area contributed by atoms with E-state index in [9.17, 15) is 0 Å². The number of hydrogen-bond donors (Lipinski definition) is 1. The van der Waals surface area contributed by atoms with Crippen molar-refractivity contribution in [3.63, 3.8) is 0 Å². The second kappa shape index (κ2) is 4.75. The summed E-state index contributed by atoms with van der Waals surface area (Å²) in [6.07, 6.45) is 3.67. The lowest BCUT2D eigenvalue weighted by Crippen LogP contribution is -2.38. The molecule has 15 heavy (non-hydrogen) atoms. The third-order valence-electron chi connectivity index (χ3n) is 2.86. The van der Waals surface area contributed by atoms with Crippen LogP contribution in [-0.4, -0.2) is 27.9 Å². The maximum absolute atomic E-state index is 4.23. The van der Waals surface area contributed by atoms with Crippen molar-refractivity contribution in [3.05, 3.63) is 12.2 Å². The highest BCUT2D eigenvalue weighted by Crippen LogP contribution is 2.22. The lowest BCUT2D eigenvalue weighted by Gasteiger charge is -2.30. The first-order valence-electron chi connectivity index (χ1n) is 5.45. The second-order valence-corrected chi connectivity index (χ2v) is 5.05. The van der Waals surface area contributed by atoms with Crippen LogP contribution in [-0.2, 0) is 13.5 Å². The van der Waals surface area contributed by atoms with Crippen molar-refractivity contribution < 1.29 is 0 Å². The van der Waals surface area contributed by atoms with E-state index in [0.717, 1.165) is 18.7 Å². The molecule has 0 aliphatic heterocycles. The summed E-state index contributed by atoms with van der Waals surface area (Å²) >= 11 is 0. The van der Waals surface area contributed by atoms with Gasteiger partial charge in [-0.05, 0) is 18.9 Å². The van der Waals surface area contributed by atoms with Gasteiger partial charge in [-0.25, -0.2) is 4.98 Å². The fourth-order valence-corrected chi connectivity index (χ4v) is 1.83. The zero-order chi connectivity index (χ0) is 11.5. The Hall–Kier alpha value is -0.900. The normalized spacial score (nSPS) is 14.2. The van der Waals surface area contributed by atoms with E-state index in [0.29, 0.717) is 6.04 Å². The summed E-state index contributed by atoms with van der Waals surface area (Å²) in [6, 6.07) is 0.509. The number of aromatic nitrogens is 3. The first kappa shape index (κ1) is 12.2. The van der Waals surface area contributed by atoms with Crippen LogP contribution < -0.4 is 5.32 Å². The van der Waals surface area contributed by atoms with E-state index >= 15 is 0 Å². The van der Waals surface area contributed by atoms with Crippen molar-refractivity contribution in [3.8, 4) is 0 Å². The van der Waals surface area contributed by atoms with Crippen LogP contribution in [0.25, 0.3) is 0 Å². The van der Waals surface area contributed by atoms with Gasteiger partial charge in [-0.1, -0.05) is 20.8 Å². The molecule has 1 aromatic heterocycles. The summed E-state index contributed by atoms with van der Waals surface area (Å²) in [7, 11) is 3.96. The van der Waals surface area contributed by atoms with Gasteiger partial charge in [0, 0.05) is 19.5 Å². The van der Waals surface area contributed by atoms with Crippen LogP contribution in [0.3, 0.4) is 0 Å². The van der Waals surface area contributed by atoms with Gasteiger partial charge in [0.25, 0.3) is 0 Å². The molecule has 0 aliphatic rings. The minimum absolute atomic E-state index is 0.285. The largest absolute Gasteiger partial charge is 0.316 e. The van der Waals surface area contributed by atoms with Crippen molar-refractivity contribution in [1.29, 1.82) is 0 Å². The highest BCUT2D eigenvalue weighted by atomic mass is 15.3. The van der Waals surface area contributed by atoms with Crippen molar-refractivity contribution in [2.24, 2.45) is 12.5 Å². The van der Waals surface area contributed by atoms with Crippen molar-refractivity contribution in [1.82, 2.24) is 20.1 Å². The Morgan fingerprint density at radius 1 is 1.47 bits per heavy atom. The van der Waals surface area contributed by atoms with E-state index in [-0.39, 0.29) is 5.41 Å². The first-order chi connectivity index (χ1) is 6.95. The highest BCUT2D eigenvalue weighted by molar-refractivity contribution is 4.88. The fraction of sp³-hybridized carbons (Fsp3) is 0.818. The molecule has 1 aromatic rings. The molecule has 86 valence electrons. The smallest absolute Gasteiger partial charge is 0.138 e. The van der Waals surface area contributed by atoms with E-state index < -0.39 is 0 Å². The molecule has 1 heterocycles. The molecule has 0 saturated carbocycles. The standard InChI is InChI=1S/C11H22N4/c1-11(2,3)9(12-4)6-7-10-13-8-14-15(10)5/h8-9,12H,6-7H2,1-5H3. The predicted molar refractivity (Wildman–Crippen MR) is 61.6 cm³/mol. The van der Waals surface area contributed by atoms with Gasteiger partial charge < -0.3 is 5.32 Å². The zero-order valence-electron chi connectivity index (χ0n) is 10.4. The van der Waals surface area contributed by atoms with E-state index in [1.54, 1.807) is 6.33 Å². The molecule has 0 aromatic carbocycles. The van der Waals surface area contributed by atoms with Crippen LogP contribution in [0.4, 0.5) is 0 Å². The van der Waals surface area contributed by atoms with Crippen LogP contribution >= 0.6 is 0 Å². The van der Waals surface area contributed by atoms with Gasteiger partial charge in [0.1, 0.15) is 12.2 Å². The SMILES string of the molecule is CNC(CCc1ncnn1C)C(C)(C)C. The highest BCUT2D eigenvalue weighted by Gasteiger charge is 2.22. The first-order valence-corrected chi connectivity index (χ1v) is 5.45. The lowest BCUT2D eigenvalue weighted by atomic mass is 9.84. The number of hydrogen-bond acceptors (Lipinski definition) is 3. The van der Waals surface area contributed by atoms with E-state index in [2.05, 4.69) is 36.2 Å². The predicted octanol–water partition coefficient (Wildman–Crippen LogP) is 1.38. The summed E-state index contributed by atoms with van der Waals surface area (Å²) in [5.41, 5.74) is 0.285. The molecule has 0 amide bonds. The Morgan fingerprint density at radius 2 is 2.13 bits per heavy atom. The summed E-state index contributed by atoms with van der Waals surface area (Å²) in [5.74, 6) is 1.06. The molecule has 4 heteroatoms. The number of nitrogens with zero attached hydrogens (tertiary/aromatic N) is 3. The Morgan fingerprint density at radius 3 is 2.53 bits per heavy atom. The van der Waals surface area contributed by atoms with E-state index in [4.69, 9.17) is 0 Å². The van der Waals surface area contributed by atoms with Gasteiger partial charge in [0.2, 0.25) is 0 Å². The molecule has 1 unspecified atom stereocenters. The van der Waals surface area contributed by atoms with Crippen LogP contribution in [0.2, 0.25) is 0 Å². The summed E-state index contributed by atoms with van der Waals surface area (Å²) in [6.45, 7) is 6.76. The van der Waals surface area contributed by atoms with Gasteiger partial charge in [-0.15, -0.1) is 0 Å². The van der Waals surface area contributed by atoms with Gasteiger partial charge >= 0.3 is 0 Å². The molecule has 1 atom stereocenters. The number of nitrogens with one attached hydrogen (secondary N) is 1. The van der Waals surface area contributed by atoms with Crippen molar-refractivity contribution in [2.45, 2.75) is 39.7 Å². The topological polar surface area (TPSA) is 42.7 Å². The van der Waals surface area contributed by atoms with Crippen molar-refractivity contribution >= 4 is 0 Å². The summed E-state index contributed by atoms with van der Waals surface area (Å²) in [5, 5.41) is 7.43. The Balaban J connectivity index is 2.52. The summed E-state index contributed by atoms with van der Waals surface area (Å²) < 4.78 is 1.84. The van der Waals surface area contributed by atoms with Gasteiger partial charge in [0.15, 0.2) is 0 Å². The van der Waals surface area contributed by atoms with Gasteiger partial charge in [-0.3, -0.25) is 4.68 Å². The quantitative estimate of drug-likeness (QED) is 0.816. The Labute approximate surface area is 92.1 Å². The molecule has 0 saturated heterocycles. The molecule has 0 spiro atoms. The maximum Gasteiger partial charge on any atom is 0.138 e. The van der Waals surface area contributed by atoms with E-state index in [1.807, 2.05) is 18.8 Å². The number of aryl methyl sites for hydroxylation is 2. The third-order valence-corrected chi connectivity index (χ3v) is 2.86. The number of rotatable bonds is 4. The van der Waals surface area contributed by atoms with E-state index in [1.165, 1.54) is 0 Å². The zero-order valence-corrected chi connectivity index (χ0v) is 10.4. The molecule has 0 bridgehead atoms. The minimum Gasteiger partial charge on any atom is -0.316 e. The Kier molecular flexibility index (Phi) is 3.85. The molecule has 4 nitrogen and oxygen atoms in total. The second-order valence-electron chi connectivity index (χ2n) is 5.05. The van der Waals surface area contributed by atoms with Crippen molar-refractivity contribution in [2.75, 3.05) is 7.05 Å². The average Bonchev–Trinajstić information content (AvgIpc) is 2.50. The molecular formula is C11H22N4. The average molecular weight is 210 g/mol. The Bertz CT molecular complexity index is 298. The van der Waals surface area contributed by atoms with Crippen LogP contribution in [0.15, 0.2) is 6.33 Å². The monoisotopic (exact) mass is 210 g/mol. The molecule has 1 N–H and O–H groups in total. The molecule has 1 rings (SSSR count). The molecule has 0 radical (unpaired) electrons. The van der Waals surface area contributed by atoms with Gasteiger partial charge in [0.05, 0.1) is 0 Å². The third kappa shape index (κ3) is 3.30. The minimum atomic E-state index is 0.285. The molecular weight excluding hydrogens is 188 g/mol.